The van der Waals surface area contributed by atoms with E-state index in [0.29, 0.717) is 12.3 Å². The van der Waals surface area contributed by atoms with Crippen LogP contribution in [-0.4, -0.2) is 17.9 Å². The molecule has 2 N–H and O–H groups in total. The van der Waals surface area contributed by atoms with Gasteiger partial charge in [0.1, 0.15) is 0 Å². The molecule has 0 rings (SSSR count). The maximum Gasteiger partial charge on any atom is 0.0511 e. The van der Waals surface area contributed by atoms with E-state index in [9.17, 15) is 0 Å². The molecule has 1 atom stereocenters. The molecule has 0 bridgehead atoms. The van der Waals surface area contributed by atoms with Gasteiger partial charge in [-0.25, -0.2) is 0 Å². The molecule has 0 fully saturated rings. The number of aliphatic hydroxyl groups excluding tert-OH is 1. The predicted molar refractivity (Wildman–Crippen MR) is 66.2 cm³/mol. The van der Waals surface area contributed by atoms with Gasteiger partial charge in [-0.05, 0) is 17.9 Å². The van der Waals surface area contributed by atoms with Crippen LogP contribution in [0.4, 0.5) is 0 Å². The first-order valence-electron chi connectivity index (χ1n) is 5.25. The first kappa shape index (κ1) is 13.8. The average Bonchev–Trinajstić information content (AvgIpc) is 2.22. The molecule has 0 aliphatic carbocycles. The molecule has 0 aromatic carbocycles. The molecule has 0 aliphatic heterocycles. The molecule has 0 heterocycles. The SMILES string of the molecule is C=C/C=C(\C=C/C(C)C)C[C@H](C=N)CO. The largest absolute Gasteiger partial charge is 0.396 e. The van der Waals surface area contributed by atoms with Gasteiger partial charge < -0.3 is 10.5 Å². The van der Waals surface area contributed by atoms with E-state index in [1.807, 2.05) is 12.2 Å². The van der Waals surface area contributed by atoms with Crippen molar-refractivity contribution in [1.82, 2.24) is 0 Å². The van der Waals surface area contributed by atoms with E-state index in [0.717, 1.165) is 5.57 Å². The first-order valence-corrected chi connectivity index (χ1v) is 5.25. The minimum Gasteiger partial charge on any atom is -0.396 e. The molecule has 0 aromatic rings. The number of nitrogens with one attached hydrogen (secondary N) is 1. The van der Waals surface area contributed by atoms with Gasteiger partial charge in [0.05, 0.1) is 6.61 Å². The third kappa shape index (κ3) is 6.86. The maximum atomic E-state index is 8.99. The highest BCUT2D eigenvalue weighted by atomic mass is 16.3. The maximum absolute atomic E-state index is 8.99. The summed E-state index contributed by atoms with van der Waals surface area (Å²) in [7, 11) is 0. The molecule has 0 radical (unpaired) electrons. The second-order valence-corrected chi connectivity index (χ2v) is 3.89. The first-order chi connectivity index (χ1) is 7.13. The Hall–Kier alpha value is -1.15. The number of rotatable bonds is 7. The minimum atomic E-state index is -0.0898. The number of allylic oxidation sites excluding steroid dienone is 5. The topological polar surface area (TPSA) is 44.1 Å². The highest BCUT2D eigenvalue weighted by Gasteiger charge is 2.04. The van der Waals surface area contributed by atoms with Crippen molar-refractivity contribution in [2.24, 2.45) is 11.8 Å². The summed E-state index contributed by atoms with van der Waals surface area (Å²) in [5.41, 5.74) is 1.10. The van der Waals surface area contributed by atoms with E-state index < -0.39 is 0 Å². The summed E-state index contributed by atoms with van der Waals surface area (Å²) >= 11 is 0. The van der Waals surface area contributed by atoms with Crippen LogP contribution < -0.4 is 0 Å². The second-order valence-electron chi connectivity index (χ2n) is 3.89. The van der Waals surface area contributed by atoms with E-state index in [2.05, 4.69) is 26.5 Å². The van der Waals surface area contributed by atoms with Crippen molar-refractivity contribution in [3.63, 3.8) is 0 Å². The van der Waals surface area contributed by atoms with Crippen LogP contribution in [0.5, 0.6) is 0 Å². The van der Waals surface area contributed by atoms with Crippen LogP contribution in [0, 0.1) is 17.2 Å². The Balaban J connectivity index is 4.47. The van der Waals surface area contributed by atoms with Crippen LogP contribution in [0.25, 0.3) is 0 Å². The summed E-state index contributed by atoms with van der Waals surface area (Å²) in [5, 5.41) is 16.1. The normalized spacial score (nSPS) is 14.5. The van der Waals surface area contributed by atoms with Crippen molar-refractivity contribution in [1.29, 1.82) is 5.41 Å². The fraction of sp³-hybridized carbons (Fsp3) is 0.462. The van der Waals surface area contributed by atoms with Gasteiger partial charge in [-0.2, -0.15) is 0 Å². The van der Waals surface area contributed by atoms with Crippen LogP contribution in [0.3, 0.4) is 0 Å². The zero-order valence-corrected chi connectivity index (χ0v) is 9.61. The van der Waals surface area contributed by atoms with Crippen molar-refractivity contribution in [3.05, 3.63) is 36.5 Å². The zero-order valence-electron chi connectivity index (χ0n) is 9.61. The van der Waals surface area contributed by atoms with Gasteiger partial charge in [0.15, 0.2) is 0 Å². The van der Waals surface area contributed by atoms with E-state index in [-0.39, 0.29) is 12.5 Å². The minimum absolute atomic E-state index is 0.0213. The van der Waals surface area contributed by atoms with Gasteiger partial charge in [0, 0.05) is 12.1 Å². The van der Waals surface area contributed by atoms with Crippen molar-refractivity contribution in [2.75, 3.05) is 6.61 Å². The average molecular weight is 207 g/mol. The summed E-state index contributed by atoms with van der Waals surface area (Å²) in [5.74, 6) is 0.416. The number of hydrogen-bond acceptors (Lipinski definition) is 2. The predicted octanol–water partition coefficient (Wildman–Crippen LogP) is 2.96. The van der Waals surface area contributed by atoms with E-state index in [4.69, 9.17) is 10.5 Å². The third-order valence-corrected chi connectivity index (χ3v) is 2.00. The quantitative estimate of drug-likeness (QED) is 0.489. The molecule has 84 valence electrons. The molecule has 0 unspecified atom stereocenters. The Kier molecular flexibility index (Phi) is 7.56. The van der Waals surface area contributed by atoms with Crippen LogP contribution in [0.15, 0.2) is 36.5 Å². The Morgan fingerprint density at radius 1 is 1.47 bits per heavy atom. The summed E-state index contributed by atoms with van der Waals surface area (Å²) in [6.45, 7) is 7.90. The molecular formula is C13H21NO. The molecule has 0 aliphatic rings. The monoisotopic (exact) mass is 207 g/mol. The Labute approximate surface area is 92.5 Å². The molecule has 2 heteroatoms. The van der Waals surface area contributed by atoms with Gasteiger partial charge in [0.25, 0.3) is 0 Å². The molecule has 15 heavy (non-hydrogen) atoms. The number of aliphatic hydroxyl groups is 1. The lowest BCUT2D eigenvalue weighted by Gasteiger charge is -2.08. The van der Waals surface area contributed by atoms with Crippen molar-refractivity contribution in [3.8, 4) is 0 Å². The van der Waals surface area contributed by atoms with Gasteiger partial charge in [-0.3, -0.25) is 0 Å². The summed E-state index contributed by atoms with van der Waals surface area (Å²) in [6, 6.07) is 0. The molecule has 0 saturated heterocycles. The molecular weight excluding hydrogens is 186 g/mol. The van der Waals surface area contributed by atoms with E-state index in [1.54, 1.807) is 6.08 Å². The summed E-state index contributed by atoms with van der Waals surface area (Å²) in [4.78, 5) is 0. The molecule has 0 amide bonds. The Morgan fingerprint density at radius 2 is 2.13 bits per heavy atom. The second kappa shape index (κ2) is 8.18. The molecule has 0 spiro atoms. The van der Waals surface area contributed by atoms with Crippen molar-refractivity contribution >= 4 is 6.21 Å². The Morgan fingerprint density at radius 3 is 2.53 bits per heavy atom. The van der Waals surface area contributed by atoms with Crippen molar-refractivity contribution < 1.29 is 5.11 Å². The number of hydrogen-bond donors (Lipinski definition) is 2. The standard InChI is InChI=1S/C13H21NO/c1-4-5-12(7-6-11(2)3)8-13(9-14)10-15/h4-7,9,11,13-15H,1,8,10H2,2-3H3/b7-6-,12-5+,14-9?/t13-/m1/s1. The van der Waals surface area contributed by atoms with Gasteiger partial charge in [-0.1, -0.05) is 44.7 Å². The molecule has 0 aromatic heterocycles. The summed E-state index contributed by atoms with van der Waals surface area (Å²) < 4.78 is 0. The van der Waals surface area contributed by atoms with E-state index >= 15 is 0 Å². The van der Waals surface area contributed by atoms with Gasteiger partial charge >= 0.3 is 0 Å². The lowest BCUT2D eigenvalue weighted by Crippen LogP contribution is -2.07. The highest BCUT2D eigenvalue weighted by molar-refractivity contribution is 5.57. The fourth-order valence-electron chi connectivity index (χ4n) is 1.14. The van der Waals surface area contributed by atoms with E-state index in [1.165, 1.54) is 6.21 Å². The van der Waals surface area contributed by atoms with Crippen LogP contribution >= 0.6 is 0 Å². The van der Waals surface area contributed by atoms with Gasteiger partial charge in [-0.15, -0.1) is 0 Å². The van der Waals surface area contributed by atoms with Crippen LogP contribution in [0.2, 0.25) is 0 Å². The molecule has 2 nitrogen and oxygen atoms in total. The zero-order chi connectivity index (χ0) is 11.7. The molecule has 0 saturated carbocycles. The lowest BCUT2D eigenvalue weighted by molar-refractivity contribution is 0.263. The Bertz CT molecular complexity index is 251. The fourth-order valence-corrected chi connectivity index (χ4v) is 1.14. The van der Waals surface area contributed by atoms with Crippen LogP contribution in [-0.2, 0) is 0 Å². The van der Waals surface area contributed by atoms with Gasteiger partial charge in [0.2, 0.25) is 0 Å². The highest BCUT2D eigenvalue weighted by Crippen LogP contribution is 2.12. The third-order valence-electron chi connectivity index (χ3n) is 2.00. The lowest BCUT2D eigenvalue weighted by atomic mass is 9.99. The van der Waals surface area contributed by atoms with Crippen LogP contribution in [0.1, 0.15) is 20.3 Å². The summed E-state index contributed by atoms with van der Waals surface area (Å²) in [6.07, 6.45) is 9.78. The van der Waals surface area contributed by atoms with Crippen molar-refractivity contribution in [2.45, 2.75) is 20.3 Å². The smallest absolute Gasteiger partial charge is 0.0511 e.